The highest BCUT2D eigenvalue weighted by Gasteiger charge is 2.44. The number of methoxy groups -OCH3 is 1. The number of nitrogens with zero attached hydrogens (tertiary/aromatic N) is 1. The number of esters is 1. The van der Waals surface area contributed by atoms with Gasteiger partial charge in [-0.2, -0.15) is 5.26 Å². The molecule has 0 bridgehead atoms. The van der Waals surface area contributed by atoms with E-state index in [2.05, 4.69) is 16.7 Å². The summed E-state index contributed by atoms with van der Waals surface area (Å²) in [6.45, 7) is 1.95. The average molecular weight is 436 g/mol. The number of ether oxygens (including phenoxy) is 1. The summed E-state index contributed by atoms with van der Waals surface area (Å²) in [5.74, 6) is -3.57. The van der Waals surface area contributed by atoms with Crippen LogP contribution in [0.5, 0.6) is 0 Å². The maximum Gasteiger partial charge on any atom is 0.319 e. The second-order valence-corrected chi connectivity index (χ2v) is 7.92. The molecule has 2 aromatic rings. The van der Waals surface area contributed by atoms with Gasteiger partial charge in [0.2, 0.25) is 11.8 Å². The fraction of sp³-hybridized carbons (Fsp3) is 0.217. The van der Waals surface area contributed by atoms with Crippen molar-refractivity contribution < 1.29 is 19.1 Å². The largest absolute Gasteiger partial charge is 0.468 e. The minimum Gasteiger partial charge on any atom is -0.468 e. The van der Waals surface area contributed by atoms with Gasteiger partial charge in [0.1, 0.15) is 5.92 Å². The van der Waals surface area contributed by atoms with Gasteiger partial charge in [-0.1, -0.05) is 59.8 Å². The number of aryl methyl sites for hydroxylation is 1. The molecule has 158 valence electrons. The molecular weight excluding hydrogens is 414 g/mol. The van der Waals surface area contributed by atoms with Gasteiger partial charge in [-0.25, -0.2) is 0 Å². The van der Waals surface area contributed by atoms with E-state index < -0.39 is 23.7 Å². The van der Waals surface area contributed by atoms with Crippen molar-refractivity contribution in [2.75, 3.05) is 18.2 Å². The molecule has 7 nitrogen and oxygen atoms in total. The van der Waals surface area contributed by atoms with Gasteiger partial charge < -0.3 is 15.4 Å². The molecule has 0 fully saturated rings. The number of allylic oxidation sites excluding steroid dienone is 1. The van der Waals surface area contributed by atoms with Crippen LogP contribution >= 0.6 is 11.8 Å². The topological polar surface area (TPSA) is 108 Å². The van der Waals surface area contributed by atoms with E-state index in [0.29, 0.717) is 11.3 Å². The number of hydrogen-bond acceptors (Lipinski definition) is 6. The van der Waals surface area contributed by atoms with Gasteiger partial charge in [-0.3, -0.25) is 14.4 Å². The Morgan fingerprint density at radius 1 is 1.16 bits per heavy atom. The summed E-state index contributed by atoms with van der Waals surface area (Å²) in [7, 11) is 1.20. The lowest BCUT2D eigenvalue weighted by Gasteiger charge is -2.30. The average Bonchev–Trinajstić information content (AvgIpc) is 2.78. The number of benzene rings is 2. The van der Waals surface area contributed by atoms with Crippen molar-refractivity contribution in [1.29, 1.82) is 5.26 Å². The molecule has 1 aliphatic heterocycles. The van der Waals surface area contributed by atoms with Crippen LogP contribution in [0.15, 0.2) is 65.2 Å². The van der Waals surface area contributed by atoms with Gasteiger partial charge in [0.25, 0.3) is 0 Å². The lowest BCUT2D eigenvalue weighted by atomic mass is 9.78. The highest BCUT2D eigenvalue weighted by molar-refractivity contribution is 8.03. The summed E-state index contributed by atoms with van der Waals surface area (Å²) in [5.41, 5.74) is 2.60. The maximum absolute atomic E-state index is 12.7. The second-order valence-electron chi connectivity index (χ2n) is 6.94. The highest BCUT2D eigenvalue weighted by Crippen LogP contribution is 2.40. The normalized spacial score (nSPS) is 18.0. The minimum absolute atomic E-state index is 0.0148. The predicted octanol–water partition coefficient (Wildman–Crippen LogP) is 3.10. The van der Waals surface area contributed by atoms with E-state index in [1.807, 2.05) is 19.1 Å². The Balaban J connectivity index is 1.85. The van der Waals surface area contributed by atoms with Crippen molar-refractivity contribution in [2.45, 2.75) is 12.8 Å². The van der Waals surface area contributed by atoms with E-state index in [1.54, 1.807) is 42.5 Å². The number of thioether (sulfide) groups is 1. The van der Waals surface area contributed by atoms with Gasteiger partial charge in [0.05, 0.1) is 29.5 Å². The number of rotatable bonds is 6. The molecule has 0 saturated carbocycles. The number of carbonyl (C=O) groups is 3. The van der Waals surface area contributed by atoms with Crippen LogP contribution in [0.4, 0.5) is 5.69 Å². The van der Waals surface area contributed by atoms with Gasteiger partial charge in [-0.15, -0.1) is 0 Å². The summed E-state index contributed by atoms with van der Waals surface area (Å²) in [6.07, 6.45) is 0. The molecule has 2 aromatic carbocycles. The van der Waals surface area contributed by atoms with Crippen LogP contribution in [0.25, 0.3) is 0 Å². The molecule has 31 heavy (non-hydrogen) atoms. The monoisotopic (exact) mass is 435 g/mol. The highest BCUT2D eigenvalue weighted by atomic mass is 32.2. The predicted molar refractivity (Wildman–Crippen MR) is 118 cm³/mol. The number of hydrogen-bond donors (Lipinski definition) is 2. The zero-order valence-electron chi connectivity index (χ0n) is 17.0. The Kier molecular flexibility index (Phi) is 7.11. The first-order valence-electron chi connectivity index (χ1n) is 9.51. The first kappa shape index (κ1) is 22.1. The summed E-state index contributed by atoms with van der Waals surface area (Å²) >= 11 is 1.05. The van der Waals surface area contributed by atoms with Gasteiger partial charge in [-0.05, 0) is 24.6 Å². The number of carbonyl (C=O) groups excluding carboxylic acids is 3. The fourth-order valence-electron chi connectivity index (χ4n) is 3.31. The zero-order chi connectivity index (χ0) is 22.4. The van der Waals surface area contributed by atoms with Gasteiger partial charge in [0, 0.05) is 11.6 Å². The molecule has 0 aliphatic carbocycles. The van der Waals surface area contributed by atoms with E-state index in [-0.39, 0.29) is 22.3 Å². The van der Waals surface area contributed by atoms with E-state index in [1.165, 1.54) is 7.11 Å². The molecule has 8 heteroatoms. The maximum atomic E-state index is 12.7. The molecule has 0 unspecified atom stereocenters. The number of nitriles is 1. The molecule has 0 spiro atoms. The Hall–Kier alpha value is -3.57. The smallest absolute Gasteiger partial charge is 0.319 e. The van der Waals surface area contributed by atoms with Crippen molar-refractivity contribution in [3.05, 3.63) is 76.3 Å². The molecule has 2 amide bonds. The standard InChI is InChI=1S/C23H21N3O4S/c1-14-8-10-16(11-9-14)25-18(27)13-31-22-17(12-24)19(15-6-4-3-5-7-15)20(21(28)26-22)23(29)30-2/h3-11,19-20H,13H2,1-2H3,(H,25,27)(H,26,28)/t19-,20-/m0/s1. The van der Waals surface area contributed by atoms with Crippen LogP contribution in [0.2, 0.25) is 0 Å². The molecule has 1 aliphatic rings. The van der Waals surface area contributed by atoms with Crippen LogP contribution < -0.4 is 10.6 Å². The molecule has 0 aromatic heterocycles. The lowest BCUT2D eigenvalue weighted by Crippen LogP contribution is -2.44. The summed E-state index contributed by atoms with van der Waals surface area (Å²) in [5, 5.41) is 15.5. The Morgan fingerprint density at radius 2 is 1.84 bits per heavy atom. The molecule has 3 rings (SSSR count). The third-order valence-corrected chi connectivity index (χ3v) is 5.84. The molecule has 0 radical (unpaired) electrons. The third kappa shape index (κ3) is 5.13. The minimum atomic E-state index is -1.19. The van der Waals surface area contributed by atoms with Crippen molar-refractivity contribution in [2.24, 2.45) is 5.92 Å². The quantitative estimate of drug-likeness (QED) is 0.533. The van der Waals surface area contributed by atoms with Gasteiger partial charge >= 0.3 is 5.97 Å². The first-order chi connectivity index (χ1) is 14.9. The fourth-order valence-corrected chi connectivity index (χ4v) is 4.16. The van der Waals surface area contributed by atoms with Crippen molar-refractivity contribution >= 4 is 35.2 Å². The van der Waals surface area contributed by atoms with Crippen LogP contribution in [0.1, 0.15) is 17.0 Å². The van der Waals surface area contributed by atoms with E-state index in [0.717, 1.165) is 17.3 Å². The number of nitrogens with one attached hydrogen (secondary N) is 2. The Morgan fingerprint density at radius 3 is 2.45 bits per heavy atom. The lowest BCUT2D eigenvalue weighted by molar-refractivity contribution is -0.150. The van der Waals surface area contributed by atoms with Crippen molar-refractivity contribution in [3.8, 4) is 6.07 Å². The van der Waals surface area contributed by atoms with Crippen molar-refractivity contribution in [3.63, 3.8) is 0 Å². The molecule has 0 saturated heterocycles. The van der Waals surface area contributed by atoms with Crippen LogP contribution in [-0.2, 0) is 19.1 Å². The third-order valence-electron chi connectivity index (χ3n) is 4.83. The molecule has 2 atom stereocenters. The van der Waals surface area contributed by atoms with E-state index in [4.69, 9.17) is 4.74 Å². The summed E-state index contributed by atoms with van der Waals surface area (Å²) < 4.78 is 4.81. The van der Waals surface area contributed by atoms with E-state index in [9.17, 15) is 19.6 Å². The molecule has 2 N–H and O–H groups in total. The first-order valence-corrected chi connectivity index (χ1v) is 10.5. The summed E-state index contributed by atoms with van der Waals surface area (Å²) in [4.78, 5) is 37.4. The van der Waals surface area contributed by atoms with Crippen LogP contribution in [-0.4, -0.2) is 30.6 Å². The van der Waals surface area contributed by atoms with E-state index >= 15 is 0 Å². The number of anilines is 1. The Labute approximate surface area is 184 Å². The van der Waals surface area contributed by atoms with Crippen molar-refractivity contribution in [1.82, 2.24) is 5.32 Å². The Bertz CT molecular complexity index is 1060. The van der Waals surface area contributed by atoms with Crippen LogP contribution in [0, 0.1) is 24.2 Å². The second kappa shape index (κ2) is 9.96. The molecular formula is C23H21N3O4S. The number of amides is 2. The van der Waals surface area contributed by atoms with Crippen LogP contribution in [0.3, 0.4) is 0 Å². The molecule has 1 heterocycles. The van der Waals surface area contributed by atoms with Gasteiger partial charge in [0.15, 0.2) is 0 Å². The SMILES string of the molecule is COC(=O)[C@@H]1C(=O)NC(SCC(=O)Nc2ccc(C)cc2)=C(C#N)[C@@H]1c1ccccc1. The summed E-state index contributed by atoms with van der Waals surface area (Å²) in [6, 6.07) is 18.3. The zero-order valence-corrected chi connectivity index (χ0v) is 17.9.